The Kier molecular flexibility index (Phi) is 3.69. The normalized spacial score (nSPS) is 21.3. The summed E-state index contributed by atoms with van der Waals surface area (Å²) in [6.45, 7) is 2.15. The standard InChI is InChI=1S/C9H17NO3/c1-10-7-9(6-8(11)12)2-4-13-5-3-9/h10H,2-7H2,1H3,(H,11,12). The van der Waals surface area contributed by atoms with Crippen LogP contribution in [0.25, 0.3) is 0 Å². The molecule has 0 aromatic rings. The number of carbonyl (C=O) groups is 1. The molecule has 1 aliphatic heterocycles. The van der Waals surface area contributed by atoms with Crippen molar-refractivity contribution >= 4 is 5.97 Å². The summed E-state index contributed by atoms with van der Waals surface area (Å²) in [4.78, 5) is 10.7. The van der Waals surface area contributed by atoms with E-state index in [1.807, 2.05) is 7.05 Å². The summed E-state index contributed by atoms with van der Waals surface area (Å²) in [6.07, 6.45) is 1.94. The van der Waals surface area contributed by atoms with E-state index >= 15 is 0 Å². The monoisotopic (exact) mass is 187 g/mol. The van der Waals surface area contributed by atoms with Gasteiger partial charge in [-0.1, -0.05) is 0 Å². The van der Waals surface area contributed by atoms with Crippen molar-refractivity contribution in [2.24, 2.45) is 5.41 Å². The molecule has 13 heavy (non-hydrogen) atoms. The maximum atomic E-state index is 10.7. The zero-order chi connectivity index (χ0) is 9.73. The second-order valence-electron chi connectivity index (χ2n) is 3.71. The Hall–Kier alpha value is -0.610. The predicted molar refractivity (Wildman–Crippen MR) is 48.7 cm³/mol. The van der Waals surface area contributed by atoms with Crippen molar-refractivity contribution in [3.8, 4) is 0 Å². The van der Waals surface area contributed by atoms with Gasteiger partial charge in [-0.05, 0) is 25.3 Å². The molecule has 1 fully saturated rings. The van der Waals surface area contributed by atoms with Crippen LogP contribution in [0.3, 0.4) is 0 Å². The number of carboxylic acids is 1. The zero-order valence-corrected chi connectivity index (χ0v) is 8.01. The Labute approximate surface area is 78.3 Å². The Morgan fingerprint density at radius 2 is 2.15 bits per heavy atom. The number of hydrogen-bond donors (Lipinski definition) is 2. The Morgan fingerprint density at radius 1 is 1.54 bits per heavy atom. The summed E-state index contributed by atoms with van der Waals surface area (Å²) in [5.41, 5.74) is -0.0845. The molecule has 1 aliphatic rings. The van der Waals surface area contributed by atoms with Crippen LogP contribution in [0.15, 0.2) is 0 Å². The molecule has 0 bridgehead atoms. The summed E-state index contributed by atoms with van der Waals surface area (Å²) < 4.78 is 5.23. The van der Waals surface area contributed by atoms with Gasteiger partial charge in [0.1, 0.15) is 0 Å². The van der Waals surface area contributed by atoms with Gasteiger partial charge in [0.25, 0.3) is 0 Å². The lowest BCUT2D eigenvalue weighted by atomic mass is 9.77. The number of aliphatic carboxylic acids is 1. The maximum Gasteiger partial charge on any atom is 0.303 e. The molecule has 0 atom stereocenters. The minimum Gasteiger partial charge on any atom is -0.481 e. The van der Waals surface area contributed by atoms with Crippen LogP contribution in [-0.4, -0.2) is 37.9 Å². The first-order valence-electron chi connectivity index (χ1n) is 4.63. The molecule has 0 aromatic carbocycles. The lowest BCUT2D eigenvalue weighted by molar-refractivity contribution is -0.141. The van der Waals surface area contributed by atoms with Crippen molar-refractivity contribution in [3.63, 3.8) is 0 Å². The molecule has 4 nitrogen and oxygen atoms in total. The molecule has 1 rings (SSSR count). The lowest BCUT2D eigenvalue weighted by Crippen LogP contribution is -2.39. The van der Waals surface area contributed by atoms with Crippen LogP contribution in [0.5, 0.6) is 0 Å². The minimum absolute atomic E-state index is 0.0845. The van der Waals surface area contributed by atoms with Crippen molar-refractivity contribution in [3.05, 3.63) is 0 Å². The lowest BCUT2D eigenvalue weighted by Gasteiger charge is -2.35. The van der Waals surface area contributed by atoms with Gasteiger partial charge in [-0.15, -0.1) is 0 Å². The quantitative estimate of drug-likeness (QED) is 0.672. The maximum absolute atomic E-state index is 10.7. The highest BCUT2D eigenvalue weighted by atomic mass is 16.5. The average molecular weight is 187 g/mol. The van der Waals surface area contributed by atoms with Crippen molar-refractivity contribution in [2.45, 2.75) is 19.3 Å². The van der Waals surface area contributed by atoms with Crippen LogP contribution >= 0.6 is 0 Å². The van der Waals surface area contributed by atoms with Crippen LogP contribution < -0.4 is 5.32 Å². The van der Waals surface area contributed by atoms with Crippen LogP contribution in [0.2, 0.25) is 0 Å². The van der Waals surface area contributed by atoms with E-state index in [4.69, 9.17) is 9.84 Å². The fourth-order valence-electron chi connectivity index (χ4n) is 1.92. The summed E-state index contributed by atoms with van der Waals surface area (Å²) >= 11 is 0. The molecule has 1 saturated heterocycles. The predicted octanol–water partition coefficient (Wildman–Crippen LogP) is 0.477. The number of rotatable bonds is 4. The number of carboxylic acid groups (broad SMARTS) is 1. The number of nitrogens with one attached hydrogen (secondary N) is 1. The summed E-state index contributed by atoms with van der Waals surface area (Å²) in [5.74, 6) is -0.711. The van der Waals surface area contributed by atoms with Gasteiger partial charge in [0.15, 0.2) is 0 Å². The van der Waals surface area contributed by atoms with Crippen molar-refractivity contribution in [1.29, 1.82) is 0 Å². The van der Waals surface area contributed by atoms with Crippen LogP contribution in [0, 0.1) is 5.41 Å². The molecule has 0 spiro atoms. The molecule has 0 aromatic heterocycles. The number of ether oxygens (including phenoxy) is 1. The first-order valence-corrected chi connectivity index (χ1v) is 4.63. The van der Waals surface area contributed by atoms with E-state index < -0.39 is 5.97 Å². The van der Waals surface area contributed by atoms with Crippen LogP contribution in [-0.2, 0) is 9.53 Å². The highest BCUT2D eigenvalue weighted by molar-refractivity contribution is 5.67. The fraction of sp³-hybridized carbons (Fsp3) is 0.889. The van der Waals surface area contributed by atoms with Gasteiger partial charge < -0.3 is 15.2 Å². The van der Waals surface area contributed by atoms with Crippen LogP contribution in [0.4, 0.5) is 0 Å². The summed E-state index contributed by atoms with van der Waals surface area (Å²) in [5, 5.41) is 11.9. The van der Waals surface area contributed by atoms with E-state index in [9.17, 15) is 4.79 Å². The minimum atomic E-state index is -0.711. The molecule has 0 unspecified atom stereocenters. The Bertz CT molecular complexity index is 170. The second kappa shape index (κ2) is 4.58. The van der Waals surface area contributed by atoms with Crippen molar-refractivity contribution in [1.82, 2.24) is 5.32 Å². The first-order chi connectivity index (χ1) is 6.18. The van der Waals surface area contributed by atoms with Crippen molar-refractivity contribution in [2.75, 3.05) is 26.8 Å². The van der Waals surface area contributed by atoms with Gasteiger partial charge in [0.2, 0.25) is 0 Å². The van der Waals surface area contributed by atoms with Crippen molar-refractivity contribution < 1.29 is 14.6 Å². The molecule has 0 amide bonds. The second-order valence-corrected chi connectivity index (χ2v) is 3.71. The van der Waals surface area contributed by atoms with E-state index in [2.05, 4.69) is 5.32 Å². The van der Waals surface area contributed by atoms with Gasteiger partial charge in [-0.3, -0.25) is 4.79 Å². The summed E-state index contributed by atoms with van der Waals surface area (Å²) in [6, 6.07) is 0. The van der Waals surface area contributed by atoms with E-state index in [-0.39, 0.29) is 11.8 Å². The molecule has 0 radical (unpaired) electrons. The number of hydrogen-bond acceptors (Lipinski definition) is 3. The van der Waals surface area contributed by atoms with E-state index in [1.54, 1.807) is 0 Å². The van der Waals surface area contributed by atoms with Gasteiger partial charge in [0, 0.05) is 19.8 Å². The highest BCUT2D eigenvalue weighted by Gasteiger charge is 2.34. The smallest absolute Gasteiger partial charge is 0.303 e. The molecule has 76 valence electrons. The Morgan fingerprint density at radius 3 is 2.62 bits per heavy atom. The third kappa shape index (κ3) is 2.97. The van der Waals surface area contributed by atoms with E-state index in [0.717, 1.165) is 19.4 Å². The third-order valence-electron chi connectivity index (χ3n) is 2.63. The topological polar surface area (TPSA) is 58.6 Å². The van der Waals surface area contributed by atoms with E-state index in [0.29, 0.717) is 13.2 Å². The van der Waals surface area contributed by atoms with Gasteiger partial charge in [0.05, 0.1) is 6.42 Å². The van der Waals surface area contributed by atoms with Crippen LogP contribution in [0.1, 0.15) is 19.3 Å². The molecular weight excluding hydrogens is 170 g/mol. The van der Waals surface area contributed by atoms with Gasteiger partial charge in [-0.25, -0.2) is 0 Å². The molecule has 0 saturated carbocycles. The Balaban J connectivity index is 2.55. The largest absolute Gasteiger partial charge is 0.481 e. The molecule has 2 N–H and O–H groups in total. The van der Waals surface area contributed by atoms with Gasteiger partial charge in [-0.2, -0.15) is 0 Å². The molecular formula is C9H17NO3. The highest BCUT2D eigenvalue weighted by Crippen LogP contribution is 2.33. The van der Waals surface area contributed by atoms with E-state index in [1.165, 1.54) is 0 Å². The zero-order valence-electron chi connectivity index (χ0n) is 8.01. The SMILES string of the molecule is CNCC1(CC(=O)O)CCOCC1. The first kappa shape index (κ1) is 10.5. The average Bonchev–Trinajstić information content (AvgIpc) is 2.04. The third-order valence-corrected chi connectivity index (χ3v) is 2.63. The van der Waals surface area contributed by atoms with Gasteiger partial charge >= 0.3 is 5.97 Å². The molecule has 0 aliphatic carbocycles. The summed E-state index contributed by atoms with van der Waals surface area (Å²) in [7, 11) is 1.86. The molecule has 1 heterocycles. The molecule has 4 heteroatoms. The fourth-order valence-corrected chi connectivity index (χ4v) is 1.92.